The highest BCUT2D eigenvalue weighted by Gasteiger charge is 2.31. The molecule has 1 N–H and O–H groups in total. The molecule has 2 aromatic carbocycles. The molecule has 1 fully saturated rings. The van der Waals surface area contributed by atoms with Crippen molar-refractivity contribution >= 4 is 0 Å². The van der Waals surface area contributed by atoms with Crippen LogP contribution >= 0.6 is 0 Å². The number of aromatic hydroxyl groups is 1. The van der Waals surface area contributed by atoms with Gasteiger partial charge < -0.3 is 14.6 Å². The molecule has 1 aliphatic rings. The van der Waals surface area contributed by atoms with Gasteiger partial charge in [0.2, 0.25) is 0 Å². The van der Waals surface area contributed by atoms with E-state index in [0.717, 1.165) is 49.5 Å². The minimum absolute atomic E-state index is 0.0820. The maximum absolute atomic E-state index is 13.8. The van der Waals surface area contributed by atoms with Gasteiger partial charge in [-0.05, 0) is 30.7 Å². The topological polar surface area (TPSA) is 48.7 Å². The Morgan fingerprint density at radius 3 is 2.16 bits per heavy atom. The Balaban J connectivity index is 1.79. The zero-order valence-electron chi connectivity index (χ0n) is 18.4. The fourth-order valence-electron chi connectivity index (χ4n) is 4.52. The van der Waals surface area contributed by atoms with E-state index in [2.05, 4.69) is 28.9 Å². The molecule has 0 aliphatic carbocycles. The van der Waals surface area contributed by atoms with Gasteiger partial charge in [0, 0.05) is 31.9 Å². The zero-order valence-corrected chi connectivity index (χ0v) is 18.4. The lowest BCUT2D eigenvalue weighted by molar-refractivity contribution is 0.111. The lowest BCUT2D eigenvalue weighted by Crippen LogP contribution is -2.48. The maximum atomic E-state index is 13.8. The number of benzene rings is 2. The molecule has 0 bridgehead atoms. The Hall–Kier alpha value is -2.89. The molecule has 0 saturated carbocycles. The number of hydrogen-bond donors (Lipinski definition) is 1. The molecule has 162 valence electrons. The fourth-order valence-corrected chi connectivity index (χ4v) is 4.52. The van der Waals surface area contributed by atoms with E-state index >= 15 is 0 Å². The van der Waals surface area contributed by atoms with Crippen LogP contribution in [-0.4, -0.2) is 52.2 Å². The average Bonchev–Trinajstić information content (AvgIpc) is 2.81. The summed E-state index contributed by atoms with van der Waals surface area (Å²) in [5, 5.41) is 11.0. The Morgan fingerprint density at radius 1 is 0.935 bits per heavy atom. The van der Waals surface area contributed by atoms with Gasteiger partial charge in [0.25, 0.3) is 5.56 Å². The predicted octanol–water partition coefficient (Wildman–Crippen LogP) is 3.64. The van der Waals surface area contributed by atoms with Crippen LogP contribution in [0.15, 0.2) is 71.5 Å². The summed E-state index contributed by atoms with van der Waals surface area (Å²) >= 11 is 0. The molecule has 5 heteroatoms. The average molecular weight is 418 g/mol. The van der Waals surface area contributed by atoms with Crippen LogP contribution in [0.5, 0.6) is 5.75 Å². The van der Waals surface area contributed by atoms with Gasteiger partial charge >= 0.3 is 0 Å². The highest BCUT2D eigenvalue weighted by atomic mass is 16.3. The van der Waals surface area contributed by atoms with E-state index in [1.807, 2.05) is 55.5 Å². The fraction of sp³-hybridized carbons (Fsp3) is 0.346. The van der Waals surface area contributed by atoms with Crippen molar-refractivity contribution < 1.29 is 5.11 Å². The van der Waals surface area contributed by atoms with Crippen LogP contribution in [0.2, 0.25) is 0 Å². The normalized spacial score (nSPS) is 16.3. The molecule has 3 aromatic rings. The number of pyridine rings is 1. The molecule has 0 amide bonds. The van der Waals surface area contributed by atoms with Gasteiger partial charge in [0.05, 0.1) is 18.2 Å². The Bertz CT molecular complexity index is 1060. The third kappa shape index (κ3) is 4.58. The largest absolute Gasteiger partial charge is 0.507 e. The van der Waals surface area contributed by atoms with Crippen molar-refractivity contribution in [2.45, 2.75) is 26.4 Å². The monoisotopic (exact) mass is 417 g/mol. The van der Waals surface area contributed by atoms with Crippen molar-refractivity contribution in [2.24, 2.45) is 0 Å². The van der Waals surface area contributed by atoms with Gasteiger partial charge in [-0.3, -0.25) is 9.69 Å². The molecule has 4 rings (SSSR count). The van der Waals surface area contributed by atoms with Crippen LogP contribution in [-0.2, 0) is 6.54 Å². The van der Waals surface area contributed by atoms with Crippen molar-refractivity contribution in [3.63, 3.8) is 0 Å². The van der Waals surface area contributed by atoms with Gasteiger partial charge in [-0.15, -0.1) is 0 Å². The van der Waals surface area contributed by atoms with Gasteiger partial charge in [-0.1, -0.05) is 67.6 Å². The standard InChI is InChI=1S/C26H31N3O2/c1-3-27-14-16-28(17-15-27)25(22-12-8-5-9-13-22)24-23(30)18-20(2)29(26(24)31)19-21-10-6-4-7-11-21/h4-13,18,25,30H,3,14-17,19H2,1-2H3/t25-/m1/s1. The highest BCUT2D eigenvalue weighted by molar-refractivity contribution is 5.41. The molecular weight excluding hydrogens is 386 g/mol. The summed E-state index contributed by atoms with van der Waals surface area (Å²) in [5.74, 6) is 0.0820. The van der Waals surface area contributed by atoms with Crippen molar-refractivity contribution in [1.29, 1.82) is 0 Å². The molecule has 1 aromatic heterocycles. The van der Waals surface area contributed by atoms with Crippen LogP contribution < -0.4 is 5.56 Å². The number of aromatic nitrogens is 1. The first-order chi connectivity index (χ1) is 15.1. The maximum Gasteiger partial charge on any atom is 0.259 e. The van der Waals surface area contributed by atoms with Crippen molar-refractivity contribution in [3.8, 4) is 5.75 Å². The summed E-state index contributed by atoms with van der Waals surface area (Å²) in [4.78, 5) is 18.5. The summed E-state index contributed by atoms with van der Waals surface area (Å²) in [7, 11) is 0. The Morgan fingerprint density at radius 2 is 1.55 bits per heavy atom. The summed E-state index contributed by atoms with van der Waals surface area (Å²) in [6.45, 7) is 9.23. The second-order valence-corrected chi connectivity index (χ2v) is 8.24. The first-order valence-corrected chi connectivity index (χ1v) is 11.1. The van der Waals surface area contributed by atoms with E-state index in [1.54, 1.807) is 10.6 Å². The van der Waals surface area contributed by atoms with E-state index < -0.39 is 0 Å². The molecule has 1 atom stereocenters. The van der Waals surface area contributed by atoms with E-state index in [9.17, 15) is 9.90 Å². The molecule has 2 heterocycles. The van der Waals surface area contributed by atoms with Gasteiger partial charge in [0.15, 0.2) is 0 Å². The van der Waals surface area contributed by atoms with Gasteiger partial charge in [-0.2, -0.15) is 0 Å². The molecule has 1 saturated heterocycles. The van der Waals surface area contributed by atoms with Crippen molar-refractivity contribution in [2.75, 3.05) is 32.7 Å². The lowest BCUT2D eigenvalue weighted by atomic mass is 9.96. The summed E-state index contributed by atoms with van der Waals surface area (Å²) in [6.07, 6.45) is 0. The number of piperazine rings is 1. The molecule has 1 aliphatic heterocycles. The quantitative estimate of drug-likeness (QED) is 0.665. The van der Waals surface area contributed by atoms with Gasteiger partial charge in [-0.25, -0.2) is 0 Å². The second kappa shape index (κ2) is 9.50. The summed E-state index contributed by atoms with van der Waals surface area (Å²) < 4.78 is 1.78. The van der Waals surface area contributed by atoms with Crippen LogP contribution in [0.3, 0.4) is 0 Å². The Kier molecular flexibility index (Phi) is 6.54. The Labute approximate surface area is 184 Å². The third-order valence-corrected chi connectivity index (χ3v) is 6.31. The smallest absolute Gasteiger partial charge is 0.259 e. The van der Waals surface area contributed by atoms with Gasteiger partial charge in [0.1, 0.15) is 5.75 Å². The lowest BCUT2D eigenvalue weighted by Gasteiger charge is -2.39. The number of rotatable bonds is 6. The molecule has 5 nitrogen and oxygen atoms in total. The van der Waals surface area contributed by atoms with Crippen molar-refractivity contribution in [3.05, 3.63) is 99.5 Å². The van der Waals surface area contributed by atoms with E-state index in [4.69, 9.17) is 0 Å². The number of hydrogen-bond acceptors (Lipinski definition) is 4. The zero-order chi connectivity index (χ0) is 21.8. The van der Waals surface area contributed by atoms with E-state index in [1.165, 1.54) is 0 Å². The van der Waals surface area contributed by atoms with E-state index in [-0.39, 0.29) is 17.4 Å². The number of likely N-dealkylation sites (N-methyl/N-ethyl adjacent to an activating group) is 1. The molecule has 31 heavy (non-hydrogen) atoms. The molecule has 0 radical (unpaired) electrons. The van der Waals surface area contributed by atoms with Crippen LogP contribution in [0.25, 0.3) is 0 Å². The molecule has 0 spiro atoms. The molecule has 0 unspecified atom stereocenters. The third-order valence-electron chi connectivity index (χ3n) is 6.31. The van der Waals surface area contributed by atoms with Crippen LogP contribution in [0.4, 0.5) is 0 Å². The van der Waals surface area contributed by atoms with Crippen LogP contribution in [0.1, 0.15) is 35.3 Å². The van der Waals surface area contributed by atoms with Crippen molar-refractivity contribution in [1.82, 2.24) is 14.4 Å². The SMILES string of the molecule is CCN1CCN([C@H](c2ccccc2)c2c(O)cc(C)n(Cc3ccccc3)c2=O)CC1. The second-order valence-electron chi connectivity index (χ2n) is 8.24. The minimum Gasteiger partial charge on any atom is -0.507 e. The highest BCUT2D eigenvalue weighted by Crippen LogP contribution is 2.33. The summed E-state index contributed by atoms with van der Waals surface area (Å²) in [5.41, 5.74) is 3.22. The van der Waals surface area contributed by atoms with Crippen LogP contribution in [0, 0.1) is 6.92 Å². The molecular formula is C26H31N3O2. The number of nitrogens with zero attached hydrogens (tertiary/aromatic N) is 3. The summed E-state index contributed by atoms with van der Waals surface area (Å²) in [6, 6.07) is 21.5. The predicted molar refractivity (Wildman–Crippen MR) is 125 cm³/mol. The minimum atomic E-state index is -0.268. The van der Waals surface area contributed by atoms with E-state index in [0.29, 0.717) is 12.1 Å². The number of aryl methyl sites for hydroxylation is 1. The first kappa shape index (κ1) is 21.3. The first-order valence-electron chi connectivity index (χ1n) is 11.1.